The number of methoxy groups -OCH3 is 1. The smallest absolute Gasteiger partial charge is 0.354 e. The Morgan fingerprint density at radius 1 is 1.44 bits per heavy atom. The first kappa shape index (κ1) is 10.6. The van der Waals surface area contributed by atoms with Crippen LogP contribution in [0.25, 0.3) is 10.9 Å². The number of fused-ring (bicyclic) bond motifs is 1. The van der Waals surface area contributed by atoms with Crippen molar-refractivity contribution in [2.24, 2.45) is 0 Å². The van der Waals surface area contributed by atoms with Crippen LogP contribution in [-0.2, 0) is 11.3 Å². The molecular weight excluding hydrogens is 206 g/mol. The highest BCUT2D eigenvalue weighted by atomic mass is 16.5. The molecule has 0 radical (unpaired) electrons. The zero-order valence-corrected chi connectivity index (χ0v) is 8.80. The van der Waals surface area contributed by atoms with Crippen molar-refractivity contribution in [2.45, 2.75) is 6.61 Å². The van der Waals surface area contributed by atoms with E-state index in [4.69, 9.17) is 9.84 Å². The summed E-state index contributed by atoms with van der Waals surface area (Å²) in [6.45, 7) is 0.378. The minimum Gasteiger partial charge on any atom is -0.477 e. The molecule has 4 nitrogen and oxygen atoms in total. The van der Waals surface area contributed by atoms with Crippen LogP contribution in [0.1, 0.15) is 16.1 Å². The van der Waals surface area contributed by atoms with Gasteiger partial charge in [0.15, 0.2) is 0 Å². The van der Waals surface area contributed by atoms with Crippen LogP contribution < -0.4 is 0 Å². The molecule has 0 spiro atoms. The van der Waals surface area contributed by atoms with Crippen LogP contribution in [0, 0.1) is 0 Å². The number of pyridine rings is 1. The fourth-order valence-corrected chi connectivity index (χ4v) is 1.63. The Morgan fingerprint density at radius 3 is 2.88 bits per heavy atom. The highest BCUT2D eigenvalue weighted by Gasteiger charge is 2.09. The van der Waals surface area contributed by atoms with E-state index >= 15 is 0 Å². The van der Waals surface area contributed by atoms with E-state index in [0.717, 1.165) is 10.9 Å². The first-order chi connectivity index (χ1) is 7.72. The van der Waals surface area contributed by atoms with E-state index < -0.39 is 5.97 Å². The predicted molar refractivity (Wildman–Crippen MR) is 59.4 cm³/mol. The summed E-state index contributed by atoms with van der Waals surface area (Å²) in [6, 6.07) is 8.97. The molecule has 0 amide bonds. The van der Waals surface area contributed by atoms with Crippen molar-refractivity contribution >= 4 is 16.9 Å². The van der Waals surface area contributed by atoms with Crippen molar-refractivity contribution in [1.29, 1.82) is 0 Å². The van der Waals surface area contributed by atoms with Gasteiger partial charge in [-0.2, -0.15) is 0 Å². The Balaban J connectivity index is 2.68. The zero-order valence-electron chi connectivity index (χ0n) is 8.80. The molecule has 0 aliphatic carbocycles. The van der Waals surface area contributed by atoms with Crippen LogP contribution in [0.15, 0.2) is 30.3 Å². The third-order valence-corrected chi connectivity index (χ3v) is 2.32. The molecule has 0 fully saturated rings. The molecule has 0 bridgehead atoms. The highest BCUT2D eigenvalue weighted by molar-refractivity contribution is 5.91. The zero-order chi connectivity index (χ0) is 11.5. The number of nitrogens with zero attached hydrogens (tertiary/aromatic N) is 1. The second-order valence-corrected chi connectivity index (χ2v) is 3.42. The van der Waals surface area contributed by atoms with Gasteiger partial charge in [-0.1, -0.05) is 18.2 Å². The number of hydrogen-bond donors (Lipinski definition) is 1. The van der Waals surface area contributed by atoms with E-state index in [2.05, 4.69) is 4.98 Å². The van der Waals surface area contributed by atoms with Gasteiger partial charge in [0, 0.05) is 12.5 Å². The maximum Gasteiger partial charge on any atom is 0.354 e. The third kappa shape index (κ3) is 1.87. The van der Waals surface area contributed by atoms with Crippen molar-refractivity contribution in [3.05, 3.63) is 41.6 Å². The first-order valence-electron chi connectivity index (χ1n) is 4.83. The Hall–Kier alpha value is -1.94. The number of hydrogen-bond acceptors (Lipinski definition) is 3. The van der Waals surface area contributed by atoms with Crippen LogP contribution >= 0.6 is 0 Å². The maximum atomic E-state index is 10.9. The summed E-state index contributed by atoms with van der Waals surface area (Å²) in [6.07, 6.45) is 0. The lowest BCUT2D eigenvalue weighted by molar-refractivity contribution is 0.0690. The number of carbonyl (C=O) groups is 1. The molecule has 1 heterocycles. The standard InChI is InChI=1S/C12H11NO3/c1-16-7-8-6-11(12(14)15)13-10-5-3-2-4-9(8)10/h2-6H,7H2,1H3,(H,14,15). The summed E-state index contributed by atoms with van der Waals surface area (Å²) in [5.41, 5.74) is 1.56. The van der Waals surface area contributed by atoms with E-state index in [1.807, 2.05) is 18.2 Å². The molecule has 0 saturated carbocycles. The van der Waals surface area contributed by atoms with Crippen LogP contribution in [0.4, 0.5) is 0 Å². The molecule has 1 aromatic carbocycles. The Morgan fingerprint density at radius 2 is 2.19 bits per heavy atom. The molecule has 82 valence electrons. The van der Waals surface area contributed by atoms with Crippen molar-refractivity contribution in [2.75, 3.05) is 7.11 Å². The first-order valence-corrected chi connectivity index (χ1v) is 4.83. The molecule has 0 atom stereocenters. The second kappa shape index (κ2) is 4.28. The molecule has 16 heavy (non-hydrogen) atoms. The van der Waals surface area contributed by atoms with Gasteiger partial charge in [0.05, 0.1) is 12.1 Å². The minimum atomic E-state index is -1.02. The molecule has 2 aromatic rings. The average Bonchev–Trinajstić information content (AvgIpc) is 2.29. The number of benzene rings is 1. The van der Waals surface area contributed by atoms with Gasteiger partial charge in [-0.25, -0.2) is 9.78 Å². The largest absolute Gasteiger partial charge is 0.477 e. The van der Waals surface area contributed by atoms with E-state index in [0.29, 0.717) is 12.1 Å². The Bertz CT molecular complexity index is 537. The highest BCUT2D eigenvalue weighted by Crippen LogP contribution is 2.19. The number of carboxylic acids is 1. The lowest BCUT2D eigenvalue weighted by atomic mass is 10.1. The molecular formula is C12H11NO3. The van der Waals surface area contributed by atoms with E-state index in [1.165, 1.54) is 0 Å². The molecule has 1 N–H and O–H groups in total. The number of carboxylic acid groups (broad SMARTS) is 1. The summed E-state index contributed by atoms with van der Waals surface area (Å²) < 4.78 is 5.05. The molecule has 0 aliphatic rings. The quantitative estimate of drug-likeness (QED) is 0.855. The monoisotopic (exact) mass is 217 g/mol. The van der Waals surface area contributed by atoms with Gasteiger partial charge >= 0.3 is 5.97 Å². The average molecular weight is 217 g/mol. The lowest BCUT2D eigenvalue weighted by Crippen LogP contribution is -2.03. The summed E-state index contributed by atoms with van der Waals surface area (Å²) in [5.74, 6) is -1.02. The number of aromatic nitrogens is 1. The number of aromatic carboxylic acids is 1. The van der Waals surface area contributed by atoms with Crippen LogP contribution in [0.3, 0.4) is 0 Å². The predicted octanol–water partition coefficient (Wildman–Crippen LogP) is 2.08. The van der Waals surface area contributed by atoms with Crippen molar-refractivity contribution in [3.63, 3.8) is 0 Å². The van der Waals surface area contributed by atoms with Crippen LogP contribution in [-0.4, -0.2) is 23.2 Å². The van der Waals surface area contributed by atoms with Gasteiger partial charge in [-0.05, 0) is 17.7 Å². The normalized spacial score (nSPS) is 10.6. The Labute approximate surface area is 92.5 Å². The maximum absolute atomic E-state index is 10.9. The van der Waals surface area contributed by atoms with Gasteiger partial charge in [0.2, 0.25) is 0 Å². The molecule has 0 saturated heterocycles. The van der Waals surface area contributed by atoms with E-state index in [1.54, 1.807) is 19.2 Å². The summed E-state index contributed by atoms with van der Waals surface area (Å²) in [7, 11) is 1.58. The minimum absolute atomic E-state index is 0.0470. The van der Waals surface area contributed by atoms with Crippen molar-refractivity contribution in [3.8, 4) is 0 Å². The van der Waals surface area contributed by atoms with Gasteiger partial charge < -0.3 is 9.84 Å². The van der Waals surface area contributed by atoms with Crippen LogP contribution in [0.5, 0.6) is 0 Å². The van der Waals surface area contributed by atoms with Gasteiger partial charge in [0.1, 0.15) is 5.69 Å². The van der Waals surface area contributed by atoms with Crippen molar-refractivity contribution < 1.29 is 14.6 Å². The second-order valence-electron chi connectivity index (χ2n) is 3.42. The fraction of sp³-hybridized carbons (Fsp3) is 0.167. The molecule has 0 aliphatic heterocycles. The molecule has 4 heteroatoms. The lowest BCUT2D eigenvalue weighted by Gasteiger charge is -2.06. The fourth-order valence-electron chi connectivity index (χ4n) is 1.63. The van der Waals surface area contributed by atoms with E-state index in [9.17, 15) is 4.79 Å². The number of ether oxygens (including phenoxy) is 1. The molecule has 0 unspecified atom stereocenters. The summed E-state index contributed by atoms with van der Waals surface area (Å²) in [4.78, 5) is 15.0. The van der Waals surface area contributed by atoms with Crippen molar-refractivity contribution in [1.82, 2.24) is 4.98 Å². The number of rotatable bonds is 3. The van der Waals surface area contributed by atoms with Gasteiger partial charge in [-0.3, -0.25) is 0 Å². The Kier molecular flexibility index (Phi) is 2.83. The third-order valence-electron chi connectivity index (χ3n) is 2.32. The molecule has 1 aromatic heterocycles. The molecule has 2 rings (SSSR count). The van der Waals surface area contributed by atoms with Crippen LogP contribution in [0.2, 0.25) is 0 Å². The van der Waals surface area contributed by atoms with E-state index in [-0.39, 0.29) is 5.69 Å². The SMILES string of the molecule is COCc1cc(C(=O)O)nc2ccccc12. The number of para-hydroxylation sites is 1. The van der Waals surface area contributed by atoms with Gasteiger partial charge in [-0.15, -0.1) is 0 Å². The summed E-state index contributed by atoms with van der Waals surface area (Å²) >= 11 is 0. The van der Waals surface area contributed by atoms with Gasteiger partial charge in [0.25, 0.3) is 0 Å². The summed E-state index contributed by atoms with van der Waals surface area (Å²) in [5, 5.41) is 9.86. The topological polar surface area (TPSA) is 59.4 Å².